The van der Waals surface area contributed by atoms with Crippen molar-refractivity contribution in [1.82, 2.24) is 15.2 Å². The summed E-state index contributed by atoms with van der Waals surface area (Å²) in [7, 11) is 4.09. The van der Waals surface area contributed by atoms with Crippen molar-refractivity contribution in [2.24, 2.45) is 5.73 Å². The average molecular weight is 270 g/mol. The summed E-state index contributed by atoms with van der Waals surface area (Å²) in [5.41, 5.74) is 6.18. The Morgan fingerprint density at radius 3 is 2.83 bits per heavy atom. The number of carbonyl (C=O) groups is 1. The standard InChI is InChI=1S/C12H22N4OS/c1-9(13)12-15-10(8-18-12)11(17)14-6-4-5-7-16(2)3/h8-9H,4-7,13H2,1-3H3,(H,14,17). The van der Waals surface area contributed by atoms with Crippen LogP contribution >= 0.6 is 11.3 Å². The molecule has 1 amide bonds. The van der Waals surface area contributed by atoms with Crippen LogP contribution in [0.5, 0.6) is 0 Å². The van der Waals surface area contributed by atoms with E-state index >= 15 is 0 Å². The highest BCUT2D eigenvalue weighted by Gasteiger charge is 2.11. The molecular formula is C12H22N4OS. The molecule has 1 unspecified atom stereocenters. The molecule has 0 aromatic carbocycles. The van der Waals surface area contributed by atoms with E-state index in [1.807, 2.05) is 21.0 Å². The summed E-state index contributed by atoms with van der Waals surface area (Å²) in [6.45, 7) is 3.60. The van der Waals surface area contributed by atoms with Gasteiger partial charge in [0.05, 0.1) is 6.04 Å². The predicted molar refractivity (Wildman–Crippen MR) is 74.8 cm³/mol. The molecule has 0 aliphatic carbocycles. The van der Waals surface area contributed by atoms with E-state index in [2.05, 4.69) is 15.2 Å². The van der Waals surface area contributed by atoms with Crippen LogP contribution in [0.1, 0.15) is 41.3 Å². The van der Waals surface area contributed by atoms with Gasteiger partial charge in [0, 0.05) is 11.9 Å². The van der Waals surface area contributed by atoms with Crippen LogP contribution in [-0.4, -0.2) is 43.0 Å². The lowest BCUT2D eigenvalue weighted by Crippen LogP contribution is -2.25. The molecule has 6 heteroatoms. The van der Waals surface area contributed by atoms with Gasteiger partial charge in [-0.2, -0.15) is 0 Å². The summed E-state index contributed by atoms with van der Waals surface area (Å²) in [6, 6.07) is -0.114. The Balaban J connectivity index is 2.27. The number of unbranched alkanes of at least 4 members (excludes halogenated alkanes) is 1. The molecule has 1 aromatic rings. The summed E-state index contributed by atoms with van der Waals surface area (Å²) in [4.78, 5) is 18.1. The van der Waals surface area contributed by atoms with Crippen LogP contribution in [0.2, 0.25) is 0 Å². The molecule has 0 bridgehead atoms. The van der Waals surface area contributed by atoms with Gasteiger partial charge in [-0.05, 0) is 40.4 Å². The number of nitrogens with two attached hydrogens (primary N) is 1. The van der Waals surface area contributed by atoms with Gasteiger partial charge in [-0.25, -0.2) is 4.98 Å². The van der Waals surface area contributed by atoms with Crippen molar-refractivity contribution in [2.75, 3.05) is 27.2 Å². The van der Waals surface area contributed by atoms with E-state index in [0.717, 1.165) is 24.4 Å². The Kier molecular flexibility index (Phi) is 6.24. The van der Waals surface area contributed by atoms with Crippen molar-refractivity contribution >= 4 is 17.2 Å². The third-order valence-electron chi connectivity index (χ3n) is 2.46. The molecule has 3 N–H and O–H groups in total. The fraction of sp³-hybridized carbons (Fsp3) is 0.667. The number of nitrogens with one attached hydrogen (secondary N) is 1. The first kappa shape index (κ1) is 15.1. The maximum atomic E-state index is 11.8. The molecule has 1 rings (SSSR count). The van der Waals surface area contributed by atoms with Crippen molar-refractivity contribution in [3.8, 4) is 0 Å². The minimum absolute atomic E-state index is 0.108. The Morgan fingerprint density at radius 1 is 1.56 bits per heavy atom. The second kappa shape index (κ2) is 7.45. The fourth-order valence-electron chi connectivity index (χ4n) is 1.45. The topological polar surface area (TPSA) is 71.2 Å². The van der Waals surface area contributed by atoms with Crippen molar-refractivity contribution in [2.45, 2.75) is 25.8 Å². The first-order valence-corrected chi connectivity index (χ1v) is 7.02. The third-order valence-corrected chi connectivity index (χ3v) is 3.51. The highest BCUT2D eigenvalue weighted by Crippen LogP contribution is 2.15. The Bertz CT molecular complexity index is 376. The smallest absolute Gasteiger partial charge is 0.270 e. The SMILES string of the molecule is CC(N)c1nc(C(=O)NCCCCN(C)C)cs1. The lowest BCUT2D eigenvalue weighted by atomic mass is 10.3. The van der Waals surface area contributed by atoms with Crippen LogP contribution < -0.4 is 11.1 Å². The summed E-state index contributed by atoms with van der Waals surface area (Å²) in [5.74, 6) is -0.108. The number of carbonyl (C=O) groups excluding carboxylic acids is 1. The summed E-state index contributed by atoms with van der Waals surface area (Å²) >= 11 is 1.43. The van der Waals surface area contributed by atoms with Crippen molar-refractivity contribution in [3.63, 3.8) is 0 Å². The summed E-state index contributed by atoms with van der Waals surface area (Å²) in [5, 5.41) is 5.43. The van der Waals surface area contributed by atoms with E-state index in [4.69, 9.17) is 5.73 Å². The number of thiazole rings is 1. The van der Waals surface area contributed by atoms with Crippen molar-refractivity contribution < 1.29 is 4.79 Å². The molecule has 1 heterocycles. The largest absolute Gasteiger partial charge is 0.351 e. The minimum Gasteiger partial charge on any atom is -0.351 e. The normalized spacial score (nSPS) is 12.7. The summed E-state index contributed by atoms with van der Waals surface area (Å²) in [6.07, 6.45) is 2.06. The van der Waals surface area contributed by atoms with Crippen molar-refractivity contribution in [3.05, 3.63) is 16.1 Å². The molecular weight excluding hydrogens is 248 g/mol. The maximum absolute atomic E-state index is 11.8. The van der Waals surface area contributed by atoms with Gasteiger partial charge in [0.1, 0.15) is 10.7 Å². The monoisotopic (exact) mass is 270 g/mol. The van der Waals surface area contributed by atoms with E-state index < -0.39 is 0 Å². The zero-order chi connectivity index (χ0) is 13.5. The Labute approximate surface area is 112 Å². The Hall–Kier alpha value is -0.980. The first-order valence-electron chi connectivity index (χ1n) is 6.14. The second-order valence-electron chi connectivity index (χ2n) is 4.63. The fourth-order valence-corrected chi connectivity index (χ4v) is 2.20. The molecule has 1 aromatic heterocycles. The highest BCUT2D eigenvalue weighted by molar-refractivity contribution is 7.09. The highest BCUT2D eigenvalue weighted by atomic mass is 32.1. The zero-order valence-electron chi connectivity index (χ0n) is 11.3. The molecule has 0 saturated carbocycles. The first-order chi connectivity index (χ1) is 8.50. The van der Waals surface area contributed by atoms with E-state index in [1.54, 1.807) is 5.38 Å². The number of aromatic nitrogens is 1. The number of hydrogen-bond donors (Lipinski definition) is 2. The molecule has 0 spiro atoms. The van der Waals surface area contributed by atoms with Gasteiger partial charge in [-0.3, -0.25) is 4.79 Å². The van der Waals surface area contributed by atoms with Gasteiger partial charge < -0.3 is 16.0 Å². The number of rotatable bonds is 7. The Morgan fingerprint density at radius 2 is 2.28 bits per heavy atom. The molecule has 5 nitrogen and oxygen atoms in total. The number of amides is 1. The molecule has 1 atom stereocenters. The molecule has 0 aliphatic heterocycles. The van der Waals surface area contributed by atoms with Crippen LogP contribution in [0.3, 0.4) is 0 Å². The quantitative estimate of drug-likeness (QED) is 0.731. The molecule has 0 radical (unpaired) electrons. The van der Waals surface area contributed by atoms with Gasteiger partial charge in [-0.1, -0.05) is 0 Å². The molecule has 102 valence electrons. The van der Waals surface area contributed by atoms with Gasteiger partial charge in [0.15, 0.2) is 0 Å². The van der Waals surface area contributed by atoms with Gasteiger partial charge in [-0.15, -0.1) is 11.3 Å². The van der Waals surface area contributed by atoms with Crippen molar-refractivity contribution in [1.29, 1.82) is 0 Å². The predicted octanol–water partition coefficient (Wildman–Crippen LogP) is 1.23. The van der Waals surface area contributed by atoms with Crippen LogP contribution in [0, 0.1) is 0 Å². The van der Waals surface area contributed by atoms with Crippen LogP contribution in [0.15, 0.2) is 5.38 Å². The van der Waals surface area contributed by atoms with Gasteiger partial charge in [0.25, 0.3) is 5.91 Å². The number of nitrogens with zero attached hydrogens (tertiary/aromatic N) is 2. The molecule has 0 aliphatic rings. The van der Waals surface area contributed by atoms with Crippen LogP contribution in [0.4, 0.5) is 0 Å². The van der Waals surface area contributed by atoms with E-state index in [-0.39, 0.29) is 11.9 Å². The zero-order valence-corrected chi connectivity index (χ0v) is 12.1. The molecule has 18 heavy (non-hydrogen) atoms. The third kappa shape index (κ3) is 5.12. The lowest BCUT2D eigenvalue weighted by Gasteiger charge is -2.08. The van der Waals surface area contributed by atoms with E-state index in [9.17, 15) is 4.79 Å². The number of hydrogen-bond acceptors (Lipinski definition) is 5. The minimum atomic E-state index is -0.114. The lowest BCUT2D eigenvalue weighted by molar-refractivity contribution is 0.0948. The van der Waals surface area contributed by atoms with Crippen LogP contribution in [0.25, 0.3) is 0 Å². The second-order valence-corrected chi connectivity index (χ2v) is 5.52. The van der Waals surface area contributed by atoms with Gasteiger partial charge in [0.2, 0.25) is 0 Å². The van der Waals surface area contributed by atoms with Gasteiger partial charge >= 0.3 is 0 Å². The van der Waals surface area contributed by atoms with E-state index in [0.29, 0.717) is 12.2 Å². The average Bonchev–Trinajstić information content (AvgIpc) is 2.77. The molecule has 0 fully saturated rings. The molecule has 0 saturated heterocycles. The summed E-state index contributed by atoms with van der Waals surface area (Å²) < 4.78 is 0. The van der Waals surface area contributed by atoms with Crippen LogP contribution in [-0.2, 0) is 0 Å². The maximum Gasteiger partial charge on any atom is 0.270 e. The van der Waals surface area contributed by atoms with E-state index in [1.165, 1.54) is 11.3 Å².